The van der Waals surface area contributed by atoms with Gasteiger partial charge in [0, 0.05) is 11.3 Å². The third-order valence-electron chi connectivity index (χ3n) is 13.0. The molecule has 0 saturated heterocycles. The quantitative estimate of drug-likeness (QED) is 0.129. The van der Waals surface area contributed by atoms with E-state index in [0.29, 0.717) is 6.54 Å². The lowest BCUT2D eigenvalue weighted by atomic mass is 9.64. The first-order chi connectivity index (χ1) is 33.0. The lowest BCUT2D eigenvalue weighted by Crippen LogP contribution is -2.36. The van der Waals surface area contributed by atoms with Gasteiger partial charge < -0.3 is 10.6 Å². The van der Waals surface area contributed by atoms with Crippen LogP contribution in [0.2, 0.25) is 0 Å². The van der Waals surface area contributed by atoms with Gasteiger partial charge in [0.2, 0.25) is 0 Å². The molecule has 0 fully saturated rings. The van der Waals surface area contributed by atoms with Crippen molar-refractivity contribution in [2.24, 2.45) is 10.7 Å². The number of nitrogens with zero attached hydrogens (tertiary/aromatic N) is 2. The lowest BCUT2D eigenvalue weighted by Gasteiger charge is -2.45. The van der Waals surface area contributed by atoms with Crippen LogP contribution in [0.15, 0.2) is 248 Å². The first kappa shape index (κ1) is 42.4. The van der Waals surface area contributed by atoms with E-state index in [1.165, 1.54) is 55.3 Å². The Labute approximate surface area is 393 Å². The molecule has 322 valence electrons. The highest BCUT2D eigenvalue weighted by atomic mass is 15.2. The molecule has 0 atom stereocenters. The van der Waals surface area contributed by atoms with Crippen molar-refractivity contribution in [2.75, 3.05) is 4.90 Å². The van der Waals surface area contributed by atoms with Crippen LogP contribution < -0.4 is 10.6 Å². The van der Waals surface area contributed by atoms with Crippen LogP contribution in [0.5, 0.6) is 0 Å². The van der Waals surface area contributed by atoms with Gasteiger partial charge in [-0.05, 0) is 116 Å². The summed E-state index contributed by atoms with van der Waals surface area (Å²) in [4.78, 5) is 6.24. The molecule has 0 saturated carbocycles. The molecular formula is C63H50N4. The van der Waals surface area contributed by atoms with Gasteiger partial charge in [-0.2, -0.15) is 0 Å². The van der Waals surface area contributed by atoms with Gasteiger partial charge in [0.1, 0.15) is 5.84 Å². The summed E-state index contributed by atoms with van der Waals surface area (Å²) in [5.41, 5.74) is 24.2. The number of nitrogen functional groups attached to an aromatic ring is 1. The summed E-state index contributed by atoms with van der Waals surface area (Å²) in [7, 11) is 0. The van der Waals surface area contributed by atoms with Gasteiger partial charge in [-0.1, -0.05) is 218 Å². The Morgan fingerprint density at radius 1 is 0.507 bits per heavy atom. The lowest BCUT2D eigenvalue weighted by molar-refractivity contribution is 0.752. The minimum absolute atomic E-state index is 0.0775. The number of benzene rings is 10. The van der Waals surface area contributed by atoms with E-state index in [2.05, 4.69) is 236 Å². The summed E-state index contributed by atoms with van der Waals surface area (Å²) in [5.74, 6) is 0.0775. The molecule has 1 heterocycles. The average Bonchev–Trinajstić information content (AvgIpc) is 3.68. The molecular weight excluding hydrogens is 813 g/mol. The number of para-hydroxylation sites is 3. The highest BCUT2D eigenvalue weighted by Crippen LogP contribution is 2.64. The van der Waals surface area contributed by atoms with Crippen molar-refractivity contribution in [1.82, 2.24) is 0 Å². The fraction of sp³-hybridized carbons (Fsp3) is 0.0476. The molecule has 4 nitrogen and oxygen atoms in total. The Hall–Kier alpha value is -8.60. The number of nitrogens with two attached hydrogens (primary N) is 1. The first-order valence-corrected chi connectivity index (χ1v) is 22.7. The summed E-state index contributed by atoms with van der Waals surface area (Å²) in [5, 5.41) is 11.1. The molecule has 4 heteroatoms. The number of amidine groups is 1. The summed E-state index contributed by atoms with van der Waals surface area (Å²) in [6.45, 7) is 6.26. The molecule has 1 spiro atoms. The van der Waals surface area contributed by atoms with Gasteiger partial charge in [-0.3, -0.25) is 10.4 Å². The van der Waals surface area contributed by atoms with E-state index >= 15 is 0 Å². The van der Waals surface area contributed by atoms with Crippen molar-refractivity contribution in [1.29, 1.82) is 5.41 Å². The fourth-order valence-corrected chi connectivity index (χ4v) is 10.0. The highest BCUT2D eigenvalue weighted by molar-refractivity contribution is 6.08. The van der Waals surface area contributed by atoms with Crippen molar-refractivity contribution in [3.05, 3.63) is 282 Å². The average molecular weight is 863 g/mol. The van der Waals surface area contributed by atoms with E-state index in [1.54, 1.807) is 0 Å². The van der Waals surface area contributed by atoms with Crippen LogP contribution in [-0.4, -0.2) is 12.6 Å². The Kier molecular flexibility index (Phi) is 11.7. The second kappa shape index (κ2) is 18.5. The van der Waals surface area contributed by atoms with E-state index in [-0.39, 0.29) is 5.84 Å². The molecule has 1 aliphatic heterocycles. The number of aliphatic imine (C=N–C) groups is 1. The van der Waals surface area contributed by atoms with Crippen molar-refractivity contribution in [2.45, 2.75) is 18.9 Å². The van der Waals surface area contributed by atoms with Gasteiger partial charge in [-0.15, -0.1) is 0 Å². The SMILES string of the molecule is C=NCc1ccc(-c2ccccc2)cc1.Cc1ccccc1.N=C(N)c1cccc2c1-c1cc(-c3cccc4ccccc34)ccc1C21c2ccccc2N(c2ccccc2)c2ccccc21. The van der Waals surface area contributed by atoms with Crippen molar-refractivity contribution in [3.63, 3.8) is 0 Å². The van der Waals surface area contributed by atoms with Gasteiger partial charge in [0.15, 0.2) is 0 Å². The predicted octanol–water partition coefficient (Wildman–Crippen LogP) is 15.5. The number of fused-ring (bicyclic) bond motifs is 10. The minimum atomic E-state index is -0.591. The molecule has 0 aromatic heterocycles. The van der Waals surface area contributed by atoms with E-state index in [9.17, 15) is 0 Å². The van der Waals surface area contributed by atoms with Crippen LogP contribution in [0.4, 0.5) is 17.1 Å². The smallest absolute Gasteiger partial charge is 0.123 e. The second-order valence-electron chi connectivity index (χ2n) is 17.0. The molecule has 1 aliphatic carbocycles. The van der Waals surface area contributed by atoms with Gasteiger partial charge >= 0.3 is 0 Å². The second-order valence-corrected chi connectivity index (χ2v) is 17.0. The highest BCUT2D eigenvalue weighted by Gasteiger charge is 2.52. The largest absolute Gasteiger partial charge is 0.384 e. The Morgan fingerprint density at radius 3 is 1.69 bits per heavy atom. The Bertz CT molecular complexity index is 3320. The van der Waals surface area contributed by atoms with E-state index in [1.807, 2.05) is 30.3 Å². The molecule has 10 aromatic rings. The Balaban J connectivity index is 0.000000196. The molecule has 0 radical (unpaired) electrons. The van der Waals surface area contributed by atoms with Crippen LogP contribution in [0.3, 0.4) is 0 Å². The zero-order valence-corrected chi connectivity index (χ0v) is 37.5. The number of anilines is 3. The van der Waals surface area contributed by atoms with Crippen LogP contribution >= 0.6 is 0 Å². The van der Waals surface area contributed by atoms with E-state index in [4.69, 9.17) is 11.1 Å². The molecule has 3 N–H and O–H groups in total. The molecule has 67 heavy (non-hydrogen) atoms. The summed E-state index contributed by atoms with van der Waals surface area (Å²) < 4.78 is 0. The van der Waals surface area contributed by atoms with Crippen LogP contribution in [-0.2, 0) is 12.0 Å². The zero-order chi connectivity index (χ0) is 45.7. The van der Waals surface area contributed by atoms with Crippen LogP contribution in [0, 0.1) is 12.3 Å². The third kappa shape index (κ3) is 7.79. The topological polar surface area (TPSA) is 65.5 Å². The van der Waals surface area contributed by atoms with Crippen molar-refractivity contribution in [3.8, 4) is 33.4 Å². The van der Waals surface area contributed by atoms with Crippen molar-refractivity contribution >= 4 is 40.4 Å². The number of rotatable bonds is 6. The minimum Gasteiger partial charge on any atom is -0.384 e. The van der Waals surface area contributed by atoms with Crippen molar-refractivity contribution < 1.29 is 0 Å². The van der Waals surface area contributed by atoms with Gasteiger partial charge in [-0.25, -0.2) is 0 Å². The Morgan fingerprint density at radius 2 is 1.04 bits per heavy atom. The molecule has 10 aromatic carbocycles. The normalized spacial score (nSPS) is 12.3. The van der Waals surface area contributed by atoms with Crippen LogP contribution in [0.25, 0.3) is 44.2 Å². The standard InChI is InChI=1S/C42H29N3.C14H13N.C7H8/c43-41(44)32-18-11-21-37-40(32)33-26-28(31-17-10-13-27-12-4-5-16-30(27)31)24-25-34(33)42(37)35-19-6-8-22-38(35)45(29-14-2-1-3-15-29)39-23-9-7-20-36(39)42;1-15-11-12-7-9-14(10-8-12)13-5-3-2-4-6-13;1-7-5-3-2-4-6-7/h1-26H,(H3,43,44);2-10H,1,11H2;2-6H,1H3. The first-order valence-electron chi connectivity index (χ1n) is 22.7. The molecule has 12 rings (SSSR count). The predicted molar refractivity (Wildman–Crippen MR) is 282 cm³/mol. The van der Waals surface area contributed by atoms with E-state index < -0.39 is 5.41 Å². The maximum Gasteiger partial charge on any atom is 0.123 e. The number of hydrogen-bond acceptors (Lipinski definition) is 3. The maximum atomic E-state index is 8.68. The molecule has 0 amide bonds. The molecule has 2 aliphatic rings. The molecule has 0 unspecified atom stereocenters. The van der Waals surface area contributed by atoms with Crippen LogP contribution in [0.1, 0.15) is 38.9 Å². The number of hydrogen-bond donors (Lipinski definition) is 2. The summed E-state index contributed by atoms with van der Waals surface area (Å²) in [6, 6.07) is 85.5. The number of aryl methyl sites for hydroxylation is 1. The zero-order valence-electron chi connectivity index (χ0n) is 37.5. The third-order valence-corrected chi connectivity index (χ3v) is 13.0. The maximum absolute atomic E-state index is 8.68. The monoisotopic (exact) mass is 862 g/mol. The number of nitrogens with one attached hydrogen (secondary N) is 1. The summed E-state index contributed by atoms with van der Waals surface area (Å²) >= 11 is 0. The van der Waals surface area contributed by atoms with Gasteiger partial charge in [0.25, 0.3) is 0 Å². The van der Waals surface area contributed by atoms with E-state index in [0.717, 1.165) is 44.9 Å². The summed E-state index contributed by atoms with van der Waals surface area (Å²) in [6.07, 6.45) is 0. The van der Waals surface area contributed by atoms with Gasteiger partial charge in [0.05, 0.1) is 23.3 Å². The molecule has 0 bridgehead atoms. The fourth-order valence-electron chi connectivity index (χ4n) is 10.0.